The molecule has 2 aliphatic heterocycles. The van der Waals surface area contributed by atoms with Crippen LogP contribution in [0.4, 0.5) is 0 Å². The van der Waals surface area contributed by atoms with Crippen LogP contribution in [0.15, 0.2) is 53.3 Å². The van der Waals surface area contributed by atoms with Gasteiger partial charge in [-0.2, -0.15) is 0 Å². The van der Waals surface area contributed by atoms with Crippen molar-refractivity contribution in [3.8, 4) is 5.75 Å². The van der Waals surface area contributed by atoms with E-state index in [1.54, 1.807) is 6.92 Å². The van der Waals surface area contributed by atoms with Crippen LogP contribution in [0.2, 0.25) is 0 Å². The smallest absolute Gasteiger partial charge is 0.198 e. The molecule has 2 saturated heterocycles. The summed E-state index contributed by atoms with van der Waals surface area (Å²) < 4.78 is 11.1. The van der Waals surface area contributed by atoms with Crippen molar-refractivity contribution in [2.24, 2.45) is 0 Å². The lowest BCUT2D eigenvalue weighted by Gasteiger charge is -2.48. The Labute approximate surface area is 239 Å². The molecule has 0 spiro atoms. The second-order valence-corrected chi connectivity index (χ2v) is 10.5. The number of phenols is 1. The predicted octanol–water partition coefficient (Wildman–Crippen LogP) is -2.87. The molecule has 2 fully saturated rings. The van der Waals surface area contributed by atoms with Crippen molar-refractivity contribution >= 4 is 17.6 Å². The first-order valence-corrected chi connectivity index (χ1v) is 13.2. The topological polar surface area (TPSA) is 255 Å². The first kappa shape index (κ1) is 31.9. The minimum Gasteiger partial charge on any atom is -0.508 e. The molecular formula is C28H34O14. The number of hydrogen-bond donors (Lipinski definition) is 10. The third kappa shape index (κ3) is 5.54. The minimum atomic E-state index is -2.94. The number of aromatic hydroxyl groups is 1. The van der Waals surface area contributed by atoms with Gasteiger partial charge in [0.15, 0.2) is 17.2 Å². The number of carbonyl (C=O) groups is 2. The van der Waals surface area contributed by atoms with Gasteiger partial charge in [0.05, 0.1) is 12.7 Å². The van der Waals surface area contributed by atoms with Crippen LogP contribution >= 0.6 is 0 Å². The molecule has 14 nitrogen and oxygen atoms in total. The third-order valence-electron chi connectivity index (χ3n) is 7.79. The molecule has 1 aliphatic carbocycles. The summed E-state index contributed by atoms with van der Waals surface area (Å²) in [5.41, 5.74) is -4.27. The maximum absolute atomic E-state index is 13.7. The fourth-order valence-electron chi connectivity index (χ4n) is 5.33. The molecule has 14 heteroatoms. The molecule has 230 valence electrons. The van der Waals surface area contributed by atoms with Gasteiger partial charge >= 0.3 is 0 Å². The van der Waals surface area contributed by atoms with Gasteiger partial charge in [0.1, 0.15) is 72.0 Å². The number of allylic oxidation sites excluding steroid dienone is 2. The standard InChI is InChI=1S/C28H34O14/c1-2-15-19(33)22(36)24(38)27(42-15)28(40)9-13(25-23(37)21(35)20(34)16(10-29)41-25)18(32)17(26(28)39)14(31)8-5-11-3-6-12(30)7-4-11/h3-9,15-16,19-25,27,29-30,33-40H,2,10H2,1H3/b8-5+. The molecule has 4 rings (SSSR count). The summed E-state index contributed by atoms with van der Waals surface area (Å²) in [5, 5.41) is 105. The normalized spacial score (nSPS) is 39.5. The molecule has 1 aromatic rings. The van der Waals surface area contributed by atoms with E-state index in [1.807, 2.05) is 0 Å². The van der Waals surface area contributed by atoms with Gasteiger partial charge < -0.3 is 60.5 Å². The SMILES string of the molecule is CCC1OC(C2(O)C=C(C3OC(CO)C(O)C(O)C3O)C(=O)C(C(=O)/C=C/c3ccc(O)cc3)=C2O)C(O)C(O)C1O. The van der Waals surface area contributed by atoms with Crippen molar-refractivity contribution in [1.82, 2.24) is 0 Å². The molecule has 2 heterocycles. The van der Waals surface area contributed by atoms with E-state index in [-0.39, 0.29) is 12.2 Å². The van der Waals surface area contributed by atoms with E-state index in [4.69, 9.17) is 9.47 Å². The quantitative estimate of drug-likeness (QED) is 0.113. The van der Waals surface area contributed by atoms with E-state index < -0.39 is 102 Å². The summed E-state index contributed by atoms with van der Waals surface area (Å²) >= 11 is 0. The van der Waals surface area contributed by atoms with Gasteiger partial charge in [-0.05, 0) is 36.3 Å². The lowest BCUT2D eigenvalue weighted by atomic mass is 9.74. The maximum atomic E-state index is 13.7. The van der Waals surface area contributed by atoms with Crippen molar-refractivity contribution in [2.75, 3.05) is 6.61 Å². The van der Waals surface area contributed by atoms with Crippen LogP contribution in [0, 0.1) is 0 Å². The van der Waals surface area contributed by atoms with Crippen molar-refractivity contribution in [2.45, 2.75) is 80.0 Å². The van der Waals surface area contributed by atoms with E-state index in [0.717, 1.165) is 6.08 Å². The van der Waals surface area contributed by atoms with Crippen LogP contribution < -0.4 is 0 Å². The number of aliphatic hydroxyl groups excluding tert-OH is 8. The third-order valence-corrected chi connectivity index (χ3v) is 7.79. The van der Waals surface area contributed by atoms with Gasteiger partial charge in [0.2, 0.25) is 0 Å². The zero-order chi connectivity index (χ0) is 31.1. The fourth-order valence-corrected chi connectivity index (χ4v) is 5.33. The van der Waals surface area contributed by atoms with Crippen molar-refractivity contribution in [1.29, 1.82) is 0 Å². The molecule has 0 bridgehead atoms. The van der Waals surface area contributed by atoms with Crippen LogP contribution in [0.25, 0.3) is 6.08 Å². The number of rotatable bonds is 7. The highest BCUT2D eigenvalue weighted by Crippen LogP contribution is 2.41. The van der Waals surface area contributed by atoms with Gasteiger partial charge in [0, 0.05) is 5.57 Å². The average molecular weight is 595 g/mol. The summed E-state index contributed by atoms with van der Waals surface area (Å²) in [6.45, 7) is 0.708. The molecule has 1 aromatic carbocycles. The zero-order valence-corrected chi connectivity index (χ0v) is 22.3. The summed E-state index contributed by atoms with van der Waals surface area (Å²) in [5.74, 6) is -3.75. The Morgan fingerprint density at radius 1 is 0.881 bits per heavy atom. The van der Waals surface area contributed by atoms with Crippen LogP contribution in [0.1, 0.15) is 18.9 Å². The van der Waals surface area contributed by atoms with Crippen molar-refractivity contribution in [3.63, 3.8) is 0 Å². The Balaban J connectivity index is 1.84. The van der Waals surface area contributed by atoms with Gasteiger partial charge in [-0.3, -0.25) is 9.59 Å². The second-order valence-electron chi connectivity index (χ2n) is 10.5. The van der Waals surface area contributed by atoms with Crippen LogP contribution in [0.5, 0.6) is 5.75 Å². The number of phenolic OH excluding ortho intramolecular Hbond substituents is 1. The molecule has 0 radical (unpaired) electrons. The van der Waals surface area contributed by atoms with Gasteiger partial charge in [-0.1, -0.05) is 25.1 Å². The van der Waals surface area contributed by atoms with Gasteiger partial charge in [-0.25, -0.2) is 0 Å². The van der Waals surface area contributed by atoms with Crippen LogP contribution in [0.3, 0.4) is 0 Å². The number of benzene rings is 1. The molecule has 0 amide bonds. The molecule has 0 aromatic heterocycles. The minimum absolute atomic E-state index is 0.0515. The average Bonchev–Trinajstić information content (AvgIpc) is 2.97. The Kier molecular flexibility index (Phi) is 9.34. The highest BCUT2D eigenvalue weighted by molar-refractivity contribution is 6.31. The predicted molar refractivity (Wildman–Crippen MR) is 141 cm³/mol. The molecule has 0 saturated carbocycles. The molecular weight excluding hydrogens is 560 g/mol. The molecule has 11 atom stereocenters. The lowest BCUT2D eigenvalue weighted by molar-refractivity contribution is -0.255. The largest absolute Gasteiger partial charge is 0.508 e. The fraction of sp³-hybridized carbons (Fsp3) is 0.500. The first-order chi connectivity index (χ1) is 19.8. The zero-order valence-electron chi connectivity index (χ0n) is 22.3. The Bertz CT molecular complexity index is 1270. The van der Waals surface area contributed by atoms with E-state index in [9.17, 15) is 60.7 Å². The molecule has 10 N–H and O–H groups in total. The van der Waals surface area contributed by atoms with E-state index in [0.29, 0.717) is 11.6 Å². The second kappa shape index (κ2) is 12.3. The van der Waals surface area contributed by atoms with E-state index >= 15 is 0 Å². The molecule has 3 aliphatic rings. The Morgan fingerprint density at radius 2 is 1.48 bits per heavy atom. The van der Waals surface area contributed by atoms with Crippen LogP contribution in [-0.2, 0) is 19.1 Å². The number of ether oxygens (including phenoxy) is 2. The maximum Gasteiger partial charge on any atom is 0.198 e. The van der Waals surface area contributed by atoms with Gasteiger partial charge in [0.25, 0.3) is 0 Å². The van der Waals surface area contributed by atoms with Crippen LogP contribution in [-0.4, -0.2) is 136 Å². The first-order valence-electron chi connectivity index (χ1n) is 13.2. The lowest BCUT2D eigenvalue weighted by Crippen LogP contribution is -2.66. The van der Waals surface area contributed by atoms with Crippen molar-refractivity contribution in [3.05, 3.63) is 58.9 Å². The summed E-state index contributed by atoms with van der Waals surface area (Å²) in [7, 11) is 0. The highest BCUT2D eigenvalue weighted by atomic mass is 16.6. The number of carbonyl (C=O) groups excluding carboxylic acids is 2. The number of hydrogen-bond acceptors (Lipinski definition) is 14. The monoisotopic (exact) mass is 594 g/mol. The highest BCUT2D eigenvalue weighted by Gasteiger charge is 2.58. The Hall–Kier alpha value is -3.02. The van der Waals surface area contributed by atoms with E-state index in [1.165, 1.54) is 30.3 Å². The molecule has 42 heavy (non-hydrogen) atoms. The molecule has 11 unspecified atom stereocenters. The number of aliphatic hydroxyl groups is 9. The summed E-state index contributed by atoms with van der Waals surface area (Å²) in [6, 6.07) is 5.54. The number of Topliss-reactive ketones (excluding diaryl/α,β-unsaturated/α-hetero) is 1. The van der Waals surface area contributed by atoms with Crippen molar-refractivity contribution < 1.29 is 70.1 Å². The summed E-state index contributed by atoms with van der Waals surface area (Å²) in [4.78, 5) is 27.0. The van der Waals surface area contributed by atoms with Gasteiger partial charge in [-0.15, -0.1) is 0 Å². The summed E-state index contributed by atoms with van der Waals surface area (Å²) in [6.07, 6.45) is -15.0. The number of ketones is 2. The van der Waals surface area contributed by atoms with E-state index in [2.05, 4.69) is 0 Å². The Morgan fingerprint density at radius 3 is 2.07 bits per heavy atom.